The van der Waals surface area contributed by atoms with E-state index in [9.17, 15) is 4.79 Å². The van der Waals surface area contributed by atoms with Crippen molar-refractivity contribution in [1.29, 1.82) is 0 Å². The summed E-state index contributed by atoms with van der Waals surface area (Å²) in [4.78, 5) is 18.1. The third kappa shape index (κ3) is 6.99. The van der Waals surface area contributed by atoms with E-state index in [1.165, 1.54) is 5.56 Å². The molecular weight excluding hydrogens is 404 g/mol. The number of rotatable bonds is 9. The van der Waals surface area contributed by atoms with Crippen LogP contribution in [0.5, 0.6) is 5.75 Å². The van der Waals surface area contributed by atoms with Gasteiger partial charge in [0.05, 0.1) is 18.8 Å². The maximum absolute atomic E-state index is 12.0. The molecule has 0 aromatic heterocycles. The molecule has 0 fully saturated rings. The van der Waals surface area contributed by atoms with Gasteiger partial charge in [0.2, 0.25) is 5.91 Å². The van der Waals surface area contributed by atoms with E-state index >= 15 is 0 Å². The first-order valence-electron chi connectivity index (χ1n) is 11.2. The number of hydrogen-bond acceptors (Lipinski definition) is 4. The maximum Gasteiger partial charge on any atom is 0.243 e. The second kappa shape index (κ2) is 12.1. The average Bonchev–Trinajstić information content (AvgIpc) is 2.82. The Labute approximate surface area is 190 Å². The standard InChI is InChI=1S/C25H34N4O3/c1-19(20-10-5-4-6-11-20)31-16-9-15-26-25(27-18-24(30)29(2)3)28-22-14-17-32-23-13-8-7-12-21(22)23/h4-8,10-13,19,22H,9,14-18H2,1-3H3,(H2,26,27,28). The van der Waals surface area contributed by atoms with E-state index in [1.807, 2.05) is 36.4 Å². The zero-order chi connectivity index (χ0) is 22.8. The molecule has 0 saturated carbocycles. The Morgan fingerprint density at radius 3 is 2.72 bits per heavy atom. The van der Waals surface area contributed by atoms with Crippen LogP contribution < -0.4 is 15.4 Å². The van der Waals surface area contributed by atoms with Gasteiger partial charge in [-0.05, 0) is 25.0 Å². The Balaban J connectivity index is 1.54. The first kappa shape index (κ1) is 23.6. The molecule has 0 spiro atoms. The van der Waals surface area contributed by atoms with Crippen LogP contribution in [0.15, 0.2) is 59.6 Å². The predicted molar refractivity (Wildman–Crippen MR) is 127 cm³/mol. The third-order valence-corrected chi connectivity index (χ3v) is 5.39. The number of carbonyl (C=O) groups is 1. The van der Waals surface area contributed by atoms with E-state index in [1.54, 1.807) is 19.0 Å². The van der Waals surface area contributed by atoms with Gasteiger partial charge in [-0.3, -0.25) is 4.79 Å². The summed E-state index contributed by atoms with van der Waals surface area (Å²) in [6, 6.07) is 18.3. The Morgan fingerprint density at radius 1 is 1.19 bits per heavy atom. The number of fused-ring (bicyclic) bond motifs is 1. The molecule has 1 aliphatic heterocycles. The second-order valence-corrected chi connectivity index (χ2v) is 8.03. The van der Waals surface area contributed by atoms with Crippen LogP contribution in [0, 0.1) is 0 Å². The Kier molecular flexibility index (Phi) is 8.92. The SMILES string of the molecule is CC(OCCCNC(=NCC(=O)N(C)C)NC1CCOc2ccccc21)c1ccccc1. The third-order valence-electron chi connectivity index (χ3n) is 5.39. The molecule has 32 heavy (non-hydrogen) atoms. The lowest BCUT2D eigenvalue weighted by Gasteiger charge is -2.28. The zero-order valence-electron chi connectivity index (χ0n) is 19.2. The van der Waals surface area contributed by atoms with Gasteiger partial charge < -0.3 is 25.0 Å². The van der Waals surface area contributed by atoms with Gasteiger partial charge in [0.15, 0.2) is 5.96 Å². The predicted octanol–water partition coefficient (Wildman–Crippen LogP) is 3.30. The number of para-hydroxylation sites is 1. The minimum absolute atomic E-state index is 0.0431. The molecule has 2 aromatic carbocycles. The van der Waals surface area contributed by atoms with Gasteiger partial charge in [0.1, 0.15) is 12.3 Å². The number of nitrogens with one attached hydrogen (secondary N) is 2. The molecule has 2 atom stereocenters. The number of aliphatic imine (C=N–C) groups is 1. The number of ether oxygens (including phenoxy) is 2. The largest absolute Gasteiger partial charge is 0.493 e. The number of likely N-dealkylation sites (N-methyl/N-ethyl adjacent to an activating group) is 1. The molecule has 1 heterocycles. The van der Waals surface area contributed by atoms with E-state index in [0.29, 0.717) is 25.7 Å². The van der Waals surface area contributed by atoms with Crippen molar-refractivity contribution in [2.24, 2.45) is 4.99 Å². The van der Waals surface area contributed by atoms with Crippen molar-refractivity contribution in [2.45, 2.75) is 31.9 Å². The molecule has 1 amide bonds. The summed E-state index contributed by atoms with van der Waals surface area (Å²) in [5.74, 6) is 1.47. The minimum atomic E-state index is -0.0431. The van der Waals surface area contributed by atoms with Gasteiger partial charge >= 0.3 is 0 Å². The van der Waals surface area contributed by atoms with E-state index < -0.39 is 0 Å². The molecule has 2 N–H and O–H groups in total. The van der Waals surface area contributed by atoms with Gasteiger partial charge in [-0.25, -0.2) is 4.99 Å². The second-order valence-electron chi connectivity index (χ2n) is 8.03. The molecule has 7 heteroatoms. The first-order valence-corrected chi connectivity index (χ1v) is 11.2. The molecule has 0 bridgehead atoms. The lowest BCUT2D eigenvalue weighted by atomic mass is 10.0. The lowest BCUT2D eigenvalue weighted by Crippen LogP contribution is -2.42. The van der Waals surface area contributed by atoms with Crippen molar-refractivity contribution in [3.8, 4) is 5.75 Å². The Hall–Kier alpha value is -3.06. The molecule has 0 radical (unpaired) electrons. The van der Waals surface area contributed by atoms with Gasteiger partial charge in [-0.15, -0.1) is 0 Å². The monoisotopic (exact) mass is 438 g/mol. The van der Waals surface area contributed by atoms with Crippen LogP contribution in [0.3, 0.4) is 0 Å². The molecule has 0 saturated heterocycles. The fourth-order valence-electron chi connectivity index (χ4n) is 3.46. The number of hydrogen-bond donors (Lipinski definition) is 2. The van der Waals surface area contributed by atoms with Gasteiger partial charge in [0.25, 0.3) is 0 Å². The van der Waals surface area contributed by atoms with Gasteiger partial charge in [-0.1, -0.05) is 48.5 Å². The smallest absolute Gasteiger partial charge is 0.243 e. The number of nitrogens with zero attached hydrogens (tertiary/aromatic N) is 2. The highest BCUT2D eigenvalue weighted by Gasteiger charge is 2.22. The summed E-state index contributed by atoms with van der Waals surface area (Å²) in [6.07, 6.45) is 1.71. The summed E-state index contributed by atoms with van der Waals surface area (Å²) in [6.45, 7) is 4.12. The summed E-state index contributed by atoms with van der Waals surface area (Å²) >= 11 is 0. The maximum atomic E-state index is 12.0. The Morgan fingerprint density at radius 2 is 1.94 bits per heavy atom. The van der Waals surface area contributed by atoms with E-state index in [-0.39, 0.29) is 24.6 Å². The molecule has 2 unspecified atom stereocenters. The highest BCUT2D eigenvalue weighted by molar-refractivity contribution is 5.85. The fraction of sp³-hybridized carbons (Fsp3) is 0.440. The highest BCUT2D eigenvalue weighted by Crippen LogP contribution is 2.31. The molecule has 0 aliphatic carbocycles. The number of benzene rings is 2. The van der Waals surface area contributed by atoms with Crippen LogP contribution in [0.2, 0.25) is 0 Å². The summed E-state index contributed by atoms with van der Waals surface area (Å²) in [5, 5.41) is 6.83. The van der Waals surface area contributed by atoms with Gasteiger partial charge in [-0.2, -0.15) is 0 Å². The fourth-order valence-corrected chi connectivity index (χ4v) is 3.46. The summed E-state index contributed by atoms with van der Waals surface area (Å²) in [7, 11) is 3.47. The van der Waals surface area contributed by atoms with Crippen molar-refractivity contribution < 1.29 is 14.3 Å². The molecule has 3 rings (SSSR count). The summed E-state index contributed by atoms with van der Waals surface area (Å²) in [5.41, 5.74) is 2.27. The van der Waals surface area contributed by atoms with Crippen LogP contribution >= 0.6 is 0 Å². The molecule has 7 nitrogen and oxygen atoms in total. The highest BCUT2D eigenvalue weighted by atomic mass is 16.5. The van der Waals surface area contributed by atoms with Crippen LogP contribution in [-0.4, -0.2) is 57.2 Å². The van der Waals surface area contributed by atoms with E-state index in [0.717, 1.165) is 24.2 Å². The minimum Gasteiger partial charge on any atom is -0.493 e. The molecule has 2 aromatic rings. The van der Waals surface area contributed by atoms with E-state index in [2.05, 4.69) is 40.7 Å². The molecular formula is C25H34N4O3. The average molecular weight is 439 g/mol. The van der Waals surface area contributed by atoms with Gasteiger partial charge in [0, 0.05) is 39.2 Å². The molecule has 172 valence electrons. The van der Waals surface area contributed by atoms with Crippen molar-refractivity contribution >= 4 is 11.9 Å². The normalized spacial score (nSPS) is 16.5. The number of carbonyl (C=O) groups excluding carboxylic acids is 1. The zero-order valence-corrected chi connectivity index (χ0v) is 19.2. The van der Waals surface area contributed by atoms with Crippen LogP contribution in [0.4, 0.5) is 0 Å². The summed E-state index contributed by atoms with van der Waals surface area (Å²) < 4.78 is 11.7. The van der Waals surface area contributed by atoms with Crippen molar-refractivity contribution in [1.82, 2.24) is 15.5 Å². The number of guanidine groups is 1. The van der Waals surface area contributed by atoms with Crippen LogP contribution in [0.1, 0.15) is 43.0 Å². The molecule has 1 aliphatic rings. The van der Waals surface area contributed by atoms with Crippen molar-refractivity contribution in [2.75, 3.05) is 40.4 Å². The van der Waals surface area contributed by atoms with Crippen molar-refractivity contribution in [3.05, 3.63) is 65.7 Å². The lowest BCUT2D eigenvalue weighted by molar-refractivity contribution is -0.127. The Bertz CT molecular complexity index is 886. The number of amides is 1. The van der Waals surface area contributed by atoms with Crippen LogP contribution in [0.25, 0.3) is 0 Å². The van der Waals surface area contributed by atoms with Crippen molar-refractivity contribution in [3.63, 3.8) is 0 Å². The first-order chi connectivity index (χ1) is 15.5. The topological polar surface area (TPSA) is 75.2 Å². The quantitative estimate of drug-likeness (QED) is 0.357. The van der Waals surface area contributed by atoms with E-state index in [4.69, 9.17) is 9.47 Å². The van der Waals surface area contributed by atoms with Crippen LogP contribution in [-0.2, 0) is 9.53 Å².